The van der Waals surface area contributed by atoms with Crippen molar-refractivity contribution in [2.45, 2.75) is 31.8 Å². The molecule has 5 nitrogen and oxygen atoms in total. The summed E-state index contributed by atoms with van der Waals surface area (Å²) in [5.41, 5.74) is 6.30. The zero-order chi connectivity index (χ0) is 14.5. The summed E-state index contributed by atoms with van der Waals surface area (Å²) in [5.74, 6) is 0.0389. The summed E-state index contributed by atoms with van der Waals surface area (Å²) in [6.07, 6.45) is 2.02. The van der Waals surface area contributed by atoms with Crippen LogP contribution in [-0.2, 0) is 4.79 Å². The number of benzene rings is 1. The zero-order valence-corrected chi connectivity index (χ0v) is 11.9. The number of carbonyl (C=O) groups excluding carboxylic acids is 1. The van der Waals surface area contributed by atoms with Gasteiger partial charge in [-0.05, 0) is 37.5 Å². The van der Waals surface area contributed by atoms with E-state index in [4.69, 9.17) is 5.73 Å². The van der Waals surface area contributed by atoms with Gasteiger partial charge in [0.2, 0.25) is 5.91 Å². The van der Waals surface area contributed by atoms with Crippen molar-refractivity contribution in [3.8, 4) is 5.75 Å². The lowest BCUT2D eigenvalue weighted by Gasteiger charge is -2.33. The summed E-state index contributed by atoms with van der Waals surface area (Å²) >= 11 is 0. The van der Waals surface area contributed by atoms with Crippen molar-refractivity contribution in [3.05, 3.63) is 29.8 Å². The first-order valence-electron chi connectivity index (χ1n) is 7.10. The van der Waals surface area contributed by atoms with E-state index < -0.39 is 0 Å². The molecular formula is C15H23N3O2. The number of carbonyl (C=O) groups is 1. The molecule has 110 valence electrons. The molecule has 1 aromatic carbocycles. The van der Waals surface area contributed by atoms with E-state index >= 15 is 0 Å². The van der Waals surface area contributed by atoms with Gasteiger partial charge >= 0.3 is 0 Å². The van der Waals surface area contributed by atoms with Gasteiger partial charge in [-0.25, -0.2) is 0 Å². The topological polar surface area (TPSA) is 78.6 Å². The molecule has 1 aromatic rings. The van der Waals surface area contributed by atoms with Crippen LogP contribution in [0, 0.1) is 0 Å². The minimum atomic E-state index is -0.260. The van der Waals surface area contributed by atoms with Crippen molar-refractivity contribution in [2.24, 2.45) is 5.73 Å². The second kappa shape index (κ2) is 6.72. The fraction of sp³-hybridized carbons (Fsp3) is 0.533. The van der Waals surface area contributed by atoms with E-state index in [1.807, 2.05) is 12.1 Å². The summed E-state index contributed by atoms with van der Waals surface area (Å²) in [4.78, 5) is 13.0. The van der Waals surface area contributed by atoms with Crippen LogP contribution in [0.3, 0.4) is 0 Å². The van der Waals surface area contributed by atoms with Crippen LogP contribution < -0.4 is 11.1 Å². The maximum atomic E-state index is 10.9. The number of piperidine rings is 1. The molecule has 1 unspecified atom stereocenters. The van der Waals surface area contributed by atoms with Crippen LogP contribution in [0.2, 0.25) is 0 Å². The Kier molecular flexibility index (Phi) is 4.98. The van der Waals surface area contributed by atoms with Crippen LogP contribution in [0.4, 0.5) is 0 Å². The second-order valence-electron chi connectivity index (χ2n) is 5.50. The van der Waals surface area contributed by atoms with Gasteiger partial charge in [0.05, 0.1) is 6.54 Å². The monoisotopic (exact) mass is 277 g/mol. The number of aromatic hydroxyl groups is 1. The molecule has 1 aliphatic heterocycles. The summed E-state index contributed by atoms with van der Waals surface area (Å²) < 4.78 is 0. The first-order chi connectivity index (χ1) is 9.54. The van der Waals surface area contributed by atoms with E-state index in [2.05, 4.69) is 17.1 Å². The highest BCUT2D eigenvalue weighted by Crippen LogP contribution is 2.20. The molecule has 0 bridgehead atoms. The van der Waals surface area contributed by atoms with E-state index in [1.54, 1.807) is 12.1 Å². The number of rotatable bonds is 5. The molecule has 1 amide bonds. The first kappa shape index (κ1) is 14.8. The number of nitrogens with zero attached hydrogens (tertiary/aromatic N) is 1. The Bertz CT molecular complexity index is 456. The van der Waals surface area contributed by atoms with Gasteiger partial charge in [0.15, 0.2) is 0 Å². The van der Waals surface area contributed by atoms with Gasteiger partial charge in [-0.3, -0.25) is 9.69 Å². The lowest BCUT2D eigenvalue weighted by Crippen LogP contribution is -2.45. The number of amides is 1. The number of hydrogen-bond donors (Lipinski definition) is 3. The molecule has 0 saturated carbocycles. The molecular weight excluding hydrogens is 254 g/mol. The van der Waals surface area contributed by atoms with Crippen LogP contribution >= 0.6 is 0 Å². The molecule has 1 saturated heterocycles. The van der Waals surface area contributed by atoms with E-state index in [9.17, 15) is 9.90 Å². The molecule has 20 heavy (non-hydrogen) atoms. The van der Waals surface area contributed by atoms with Crippen LogP contribution in [0.1, 0.15) is 31.4 Å². The minimum Gasteiger partial charge on any atom is -0.508 e. The van der Waals surface area contributed by atoms with Gasteiger partial charge in [0.25, 0.3) is 0 Å². The Morgan fingerprint density at radius 2 is 2.20 bits per heavy atom. The molecule has 0 aliphatic carbocycles. The van der Waals surface area contributed by atoms with E-state index in [1.165, 1.54) is 0 Å². The van der Waals surface area contributed by atoms with Gasteiger partial charge in [-0.15, -0.1) is 0 Å². The van der Waals surface area contributed by atoms with Crippen LogP contribution in [-0.4, -0.2) is 41.6 Å². The zero-order valence-electron chi connectivity index (χ0n) is 11.9. The van der Waals surface area contributed by atoms with Crippen LogP contribution in [0.25, 0.3) is 0 Å². The van der Waals surface area contributed by atoms with Crippen molar-refractivity contribution < 1.29 is 9.90 Å². The fourth-order valence-corrected chi connectivity index (χ4v) is 2.72. The van der Waals surface area contributed by atoms with Gasteiger partial charge in [-0.2, -0.15) is 0 Å². The molecule has 1 aliphatic rings. The summed E-state index contributed by atoms with van der Waals surface area (Å²) in [6, 6.07) is 7.99. The van der Waals surface area contributed by atoms with Crippen LogP contribution in [0.15, 0.2) is 24.3 Å². The van der Waals surface area contributed by atoms with Crippen LogP contribution in [0.5, 0.6) is 5.75 Å². The molecule has 1 heterocycles. The van der Waals surface area contributed by atoms with Crippen molar-refractivity contribution in [3.63, 3.8) is 0 Å². The number of hydrogen-bond acceptors (Lipinski definition) is 4. The van der Waals surface area contributed by atoms with E-state index in [0.29, 0.717) is 18.3 Å². The molecule has 1 atom stereocenters. The third-order valence-corrected chi connectivity index (χ3v) is 3.82. The fourth-order valence-electron chi connectivity index (χ4n) is 2.72. The van der Waals surface area contributed by atoms with Crippen molar-refractivity contribution in [2.75, 3.05) is 19.6 Å². The molecule has 4 N–H and O–H groups in total. The SMILES string of the molecule is CC(NC1CCN(CC(N)=O)CC1)c1cccc(O)c1. The van der Waals surface area contributed by atoms with Crippen molar-refractivity contribution >= 4 is 5.91 Å². The maximum absolute atomic E-state index is 10.9. The molecule has 2 rings (SSSR count). The predicted octanol–water partition coefficient (Wildman–Crippen LogP) is 0.993. The second-order valence-corrected chi connectivity index (χ2v) is 5.50. The predicted molar refractivity (Wildman–Crippen MR) is 78.3 cm³/mol. The Labute approximate surface area is 119 Å². The third kappa shape index (κ3) is 4.21. The highest BCUT2D eigenvalue weighted by Gasteiger charge is 2.21. The lowest BCUT2D eigenvalue weighted by atomic mass is 10.0. The summed E-state index contributed by atoms with van der Waals surface area (Å²) in [7, 11) is 0. The Balaban J connectivity index is 1.82. The quantitative estimate of drug-likeness (QED) is 0.750. The van der Waals surface area contributed by atoms with Gasteiger partial charge in [0.1, 0.15) is 5.75 Å². The highest BCUT2D eigenvalue weighted by atomic mass is 16.3. The van der Waals surface area contributed by atoms with E-state index in [0.717, 1.165) is 31.5 Å². The number of likely N-dealkylation sites (tertiary alicyclic amines) is 1. The largest absolute Gasteiger partial charge is 0.508 e. The van der Waals surface area contributed by atoms with Gasteiger partial charge in [0, 0.05) is 25.2 Å². The minimum absolute atomic E-state index is 0.204. The van der Waals surface area contributed by atoms with Gasteiger partial charge < -0.3 is 16.2 Å². The van der Waals surface area contributed by atoms with E-state index in [-0.39, 0.29) is 11.9 Å². The molecule has 0 aromatic heterocycles. The highest BCUT2D eigenvalue weighted by molar-refractivity contribution is 5.75. The summed E-state index contributed by atoms with van der Waals surface area (Å²) in [5, 5.41) is 13.1. The number of phenols is 1. The summed E-state index contributed by atoms with van der Waals surface area (Å²) in [6.45, 7) is 4.25. The molecule has 0 spiro atoms. The number of nitrogens with two attached hydrogens (primary N) is 1. The first-order valence-corrected chi connectivity index (χ1v) is 7.10. The smallest absolute Gasteiger partial charge is 0.231 e. The molecule has 0 radical (unpaired) electrons. The van der Waals surface area contributed by atoms with Gasteiger partial charge in [-0.1, -0.05) is 12.1 Å². The standard InChI is InChI=1S/C15H23N3O2/c1-11(12-3-2-4-14(19)9-12)17-13-5-7-18(8-6-13)10-15(16)20/h2-4,9,11,13,17,19H,5-8,10H2,1H3,(H2,16,20). The lowest BCUT2D eigenvalue weighted by molar-refractivity contribution is -0.119. The molecule has 5 heteroatoms. The molecule has 1 fully saturated rings. The Hall–Kier alpha value is -1.59. The normalized spacial score (nSPS) is 18.9. The third-order valence-electron chi connectivity index (χ3n) is 3.82. The maximum Gasteiger partial charge on any atom is 0.231 e. The average Bonchev–Trinajstić information content (AvgIpc) is 2.40. The number of phenolic OH excluding ortho intramolecular Hbond substituents is 1. The Morgan fingerprint density at radius 1 is 1.50 bits per heavy atom. The van der Waals surface area contributed by atoms with Crippen molar-refractivity contribution in [1.29, 1.82) is 0 Å². The Morgan fingerprint density at radius 3 is 2.80 bits per heavy atom. The van der Waals surface area contributed by atoms with Crippen molar-refractivity contribution in [1.82, 2.24) is 10.2 Å². The number of nitrogens with one attached hydrogen (secondary N) is 1. The average molecular weight is 277 g/mol. The number of primary amides is 1.